The van der Waals surface area contributed by atoms with Gasteiger partial charge in [-0.15, -0.1) is 0 Å². The van der Waals surface area contributed by atoms with E-state index in [2.05, 4.69) is 5.32 Å². The van der Waals surface area contributed by atoms with E-state index < -0.39 is 11.0 Å². The van der Waals surface area contributed by atoms with Gasteiger partial charge in [-0.05, 0) is 45.2 Å². The number of nitro benzene ring substituents is 1. The van der Waals surface area contributed by atoms with Gasteiger partial charge in [-0.2, -0.15) is 0 Å². The third-order valence-electron chi connectivity index (χ3n) is 4.36. The summed E-state index contributed by atoms with van der Waals surface area (Å²) in [6, 6.07) is 3.78. The van der Waals surface area contributed by atoms with Gasteiger partial charge in [0.2, 0.25) is 5.91 Å². The minimum atomic E-state index is -0.504. The van der Waals surface area contributed by atoms with E-state index in [0.717, 1.165) is 6.42 Å². The third-order valence-corrected chi connectivity index (χ3v) is 4.36. The van der Waals surface area contributed by atoms with Crippen molar-refractivity contribution < 1.29 is 14.5 Å². The van der Waals surface area contributed by atoms with Gasteiger partial charge in [0, 0.05) is 36.3 Å². The molecule has 2 amide bonds. The van der Waals surface area contributed by atoms with E-state index in [9.17, 15) is 19.7 Å². The van der Waals surface area contributed by atoms with E-state index in [1.165, 1.54) is 18.2 Å². The first-order valence-electron chi connectivity index (χ1n) is 8.40. The van der Waals surface area contributed by atoms with Crippen molar-refractivity contribution in [3.63, 3.8) is 0 Å². The topological polar surface area (TPSA) is 119 Å². The van der Waals surface area contributed by atoms with Crippen molar-refractivity contribution in [2.75, 3.05) is 13.1 Å². The largest absolute Gasteiger partial charge is 0.354 e. The number of rotatable bonds is 6. The molecule has 0 radical (unpaired) electrons. The van der Waals surface area contributed by atoms with Crippen molar-refractivity contribution in [3.05, 3.63) is 39.4 Å². The molecule has 0 saturated carbocycles. The minimum absolute atomic E-state index is 0.00435. The van der Waals surface area contributed by atoms with Gasteiger partial charge in [0.25, 0.3) is 11.6 Å². The zero-order valence-electron chi connectivity index (χ0n) is 14.5. The second-order valence-corrected chi connectivity index (χ2v) is 6.47. The Labute approximate surface area is 146 Å². The number of carbonyl (C=O) groups excluding carboxylic acids is 2. The molecule has 2 rings (SSSR count). The summed E-state index contributed by atoms with van der Waals surface area (Å²) in [5.74, 6) is -0.451. The van der Waals surface area contributed by atoms with Crippen LogP contribution < -0.4 is 11.1 Å². The number of nitrogens with two attached hydrogens (primary N) is 1. The van der Waals surface area contributed by atoms with Crippen molar-refractivity contribution in [2.24, 2.45) is 5.73 Å². The molecule has 2 atom stereocenters. The molecule has 1 fully saturated rings. The zero-order chi connectivity index (χ0) is 18.6. The van der Waals surface area contributed by atoms with Gasteiger partial charge >= 0.3 is 0 Å². The third kappa shape index (κ3) is 4.54. The molecule has 1 aliphatic rings. The monoisotopic (exact) mass is 348 g/mol. The average Bonchev–Trinajstić information content (AvgIpc) is 3.02. The van der Waals surface area contributed by atoms with Crippen LogP contribution in [0, 0.1) is 17.0 Å². The number of hydrogen-bond donors (Lipinski definition) is 2. The molecule has 0 aromatic heterocycles. The van der Waals surface area contributed by atoms with Crippen LogP contribution >= 0.6 is 0 Å². The van der Waals surface area contributed by atoms with Crippen LogP contribution in [0.4, 0.5) is 5.69 Å². The fourth-order valence-corrected chi connectivity index (χ4v) is 2.98. The van der Waals surface area contributed by atoms with Gasteiger partial charge in [-0.3, -0.25) is 19.7 Å². The molecule has 25 heavy (non-hydrogen) atoms. The Kier molecular flexibility index (Phi) is 6.08. The zero-order valence-corrected chi connectivity index (χ0v) is 14.5. The molecule has 1 heterocycles. The molecule has 1 aromatic carbocycles. The van der Waals surface area contributed by atoms with E-state index >= 15 is 0 Å². The van der Waals surface area contributed by atoms with Crippen molar-refractivity contribution >= 4 is 17.5 Å². The predicted octanol–water partition coefficient (Wildman–Crippen LogP) is 1.36. The molecule has 8 nitrogen and oxygen atoms in total. The highest BCUT2D eigenvalue weighted by Gasteiger charge is 2.34. The Morgan fingerprint density at radius 1 is 1.48 bits per heavy atom. The number of carbonyl (C=O) groups is 2. The van der Waals surface area contributed by atoms with Crippen molar-refractivity contribution in [3.8, 4) is 0 Å². The van der Waals surface area contributed by atoms with Gasteiger partial charge < -0.3 is 16.0 Å². The summed E-state index contributed by atoms with van der Waals surface area (Å²) in [5.41, 5.74) is 6.43. The summed E-state index contributed by atoms with van der Waals surface area (Å²) in [6.07, 6.45) is 2.04. The highest BCUT2D eigenvalue weighted by molar-refractivity contribution is 5.98. The first kappa shape index (κ1) is 18.9. The number of nitrogens with one attached hydrogen (secondary N) is 1. The van der Waals surface area contributed by atoms with E-state index in [1.54, 1.807) is 11.8 Å². The second-order valence-electron chi connectivity index (χ2n) is 6.47. The quantitative estimate of drug-likeness (QED) is 0.594. The Morgan fingerprint density at radius 3 is 2.80 bits per heavy atom. The van der Waals surface area contributed by atoms with Crippen LogP contribution in [0.1, 0.15) is 42.1 Å². The molecule has 136 valence electrons. The van der Waals surface area contributed by atoms with Crippen LogP contribution in [-0.4, -0.2) is 46.8 Å². The van der Waals surface area contributed by atoms with E-state index in [1.807, 2.05) is 6.92 Å². The van der Waals surface area contributed by atoms with Gasteiger partial charge in [-0.1, -0.05) is 0 Å². The molecule has 0 spiro atoms. The Bertz CT molecular complexity index is 675. The number of likely N-dealkylation sites (tertiary alicyclic amines) is 1. The number of aryl methyl sites for hydroxylation is 1. The van der Waals surface area contributed by atoms with Crippen LogP contribution in [0.5, 0.6) is 0 Å². The first-order valence-corrected chi connectivity index (χ1v) is 8.40. The number of amides is 2. The summed E-state index contributed by atoms with van der Waals surface area (Å²) in [7, 11) is 0. The smallest absolute Gasteiger partial charge is 0.272 e. The Hall–Kier alpha value is -2.48. The molecule has 1 saturated heterocycles. The maximum absolute atomic E-state index is 12.7. The molecular weight excluding hydrogens is 324 g/mol. The summed E-state index contributed by atoms with van der Waals surface area (Å²) in [6.45, 7) is 4.44. The van der Waals surface area contributed by atoms with Crippen LogP contribution in [0.2, 0.25) is 0 Å². The Morgan fingerprint density at radius 2 is 2.20 bits per heavy atom. The number of hydrogen-bond acceptors (Lipinski definition) is 5. The summed E-state index contributed by atoms with van der Waals surface area (Å²) < 4.78 is 0. The molecule has 8 heteroatoms. The van der Waals surface area contributed by atoms with E-state index in [0.29, 0.717) is 37.1 Å². The van der Waals surface area contributed by atoms with Crippen LogP contribution in [0.25, 0.3) is 0 Å². The molecule has 0 bridgehead atoms. The van der Waals surface area contributed by atoms with Crippen LogP contribution in [0.15, 0.2) is 18.2 Å². The normalized spacial score (nSPS) is 18.0. The highest BCUT2D eigenvalue weighted by Crippen LogP contribution is 2.24. The number of benzene rings is 1. The summed E-state index contributed by atoms with van der Waals surface area (Å²) >= 11 is 0. The molecule has 1 aromatic rings. The molecule has 2 unspecified atom stereocenters. The maximum atomic E-state index is 12.7. The van der Waals surface area contributed by atoms with Crippen LogP contribution in [0.3, 0.4) is 0 Å². The first-order chi connectivity index (χ1) is 11.8. The van der Waals surface area contributed by atoms with Crippen molar-refractivity contribution in [1.29, 1.82) is 0 Å². The lowest BCUT2D eigenvalue weighted by Gasteiger charge is -2.24. The lowest BCUT2D eigenvalue weighted by atomic mass is 10.1. The van der Waals surface area contributed by atoms with E-state index in [-0.39, 0.29) is 23.5 Å². The molecule has 0 aliphatic carbocycles. The second kappa shape index (κ2) is 8.06. The van der Waals surface area contributed by atoms with Crippen molar-refractivity contribution in [1.82, 2.24) is 10.2 Å². The van der Waals surface area contributed by atoms with Gasteiger partial charge in [-0.25, -0.2) is 0 Å². The lowest BCUT2D eigenvalue weighted by Crippen LogP contribution is -2.46. The van der Waals surface area contributed by atoms with Gasteiger partial charge in [0.1, 0.15) is 6.04 Å². The number of nitro groups is 1. The van der Waals surface area contributed by atoms with E-state index in [4.69, 9.17) is 5.73 Å². The SMILES string of the molecule is Cc1cc(C(=O)N2CCCC2C(=O)NCCC(C)N)ccc1[N+](=O)[O-]. The minimum Gasteiger partial charge on any atom is -0.354 e. The molecule has 1 aliphatic heterocycles. The summed E-state index contributed by atoms with van der Waals surface area (Å²) in [5, 5.41) is 13.7. The molecule has 3 N–H and O–H groups in total. The van der Waals surface area contributed by atoms with Gasteiger partial charge in [0.05, 0.1) is 4.92 Å². The average molecular weight is 348 g/mol. The Balaban J connectivity index is 2.08. The fourth-order valence-electron chi connectivity index (χ4n) is 2.98. The van der Waals surface area contributed by atoms with Gasteiger partial charge in [0.15, 0.2) is 0 Å². The predicted molar refractivity (Wildman–Crippen MR) is 93.2 cm³/mol. The standard InChI is InChI=1S/C17H24N4O4/c1-11-10-13(5-6-14(11)21(24)25)17(23)20-9-3-4-15(20)16(22)19-8-7-12(2)18/h5-6,10,12,15H,3-4,7-9,18H2,1-2H3,(H,19,22). The fraction of sp³-hybridized carbons (Fsp3) is 0.529. The van der Waals surface area contributed by atoms with Crippen molar-refractivity contribution in [2.45, 2.75) is 45.2 Å². The lowest BCUT2D eigenvalue weighted by molar-refractivity contribution is -0.385. The maximum Gasteiger partial charge on any atom is 0.272 e. The molecular formula is C17H24N4O4. The number of nitrogens with zero attached hydrogens (tertiary/aromatic N) is 2. The highest BCUT2D eigenvalue weighted by atomic mass is 16.6. The van der Waals surface area contributed by atoms with Crippen LogP contribution in [-0.2, 0) is 4.79 Å². The summed E-state index contributed by atoms with van der Waals surface area (Å²) in [4.78, 5) is 37.0.